The smallest absolute Gasteiger partial charge is 0.393 e. The van der Waals surface area contributed by atoms with Crippen molar-refractivity contribution in [1.82, 2.24) is 9.55 Å². The molecule has 5 nitrogen and oxygen atoms in total. The fourth-order valence-electron chi connectivity index (χ4n) is 1.94. The van der Waals surface area contributed by atoms with Crippen molar-refractivity contribution in [3.8, 4) is 0 Å². The van der Waals surface area contributed by atoms with Gasteiger partial charge in [0.15, 0.2) is 5.69 Å². The quantitative estimate of drug-likeness (QED) is 0.782. The Kier molecular flexibility index (Phi) is 2.61. The van der Waals surface area contributed by atoms with Gasteiger partial charge in [0.1, 0.15) is 5.82 Å². The van der Waals surface area contributed by atoms with E-state index in [1.807, 2.05) is 0 Å². The van der Waals surface area contributed by atoms with E-state index >= 15 is 0 Å². The van der Waals surface area contributed by atoms with Crippen LogP contribution in [-0.2, 0) is 6.54 Å². The number of hydrogen-bond donors (Lipinski definition) is 2. The zero-order valence-electron chi connectivity index (χ0n) is 8.61. The molecule has 0 fully saturated rings. The second-order valence-electron chi connectivity index (χ2n) is 4.02. The van der Waals surface area contributed by atoms with Gasteiger partial charge in [-0.25, -0.2) is 9.78 Å². The summed E-state index contributed by atoms with van der Waals surface area (Å²) in [7, 11) is 0. The first-order valence-corrected chi connectivity index (χ1v) is 4.91. The van der Waals surface area contributed by atoms with Crippen LogP contribution in [0.1, 0.15) is 28.8 Å². The molecular formula is C9H10F3N3O2. The molecule has 2 unspecified atom stereocenters. The van der Waals surface area contributed by atoms with Crippen LogP contribution in [-0.4, -0.2) is 26.8 Å². The van der Waals surface area contributed by atoms with Crippen molar-refractivity contribution in [3.63, 3.8) is 0 Å². The fourth-order valence-corrected chi connectivity index (χ4v) is 1.94. The maximum Gasteiger partial charge on any atom is 0.393 e. The van der Waals surface area contributed by atoms with Crippen molar-refractivity contribution in [2.75, 3.05) is 0 Å². The summed E-state index contributed by atoms with van der Waals surface area (Å²) in [5.41, 5.74) is 5.29. The van der Waals surface area contributed by atoms with Crippen LogP contribution in [0.25, 0.3) is 0 Å². The van der Waals surface area contributed by atoms with Crippen molar-refractivity contribution in [2.24, 2.45) is 11.7 Å². The van der Waals surface area contributed by atoms with Crippen molar-refractivity contribution in [1.29, 1.82) is 0 Å². The molecule has 0 amide bonds. The van der Waals surface area contributed by atoms with Crippen molar-refractivity contribution < 1.29 is 23.1 Å². The van der Waals surface area contributed by atoms with Crippen LogP contribution in [0, 0.1) is 5.92 Å². The third kappa shape index (κ3) is 2.12. The second kappa shape index (κ2) is 3.73. The van der Waals surface area contributed by atoms with E-state index in [1.165, 1.54) is 4.57 Å². The molecule has 0 bridgehead atoms. The highest BCUT2D eigenvalue weighted by Gasteiger charge is 2.44. The SMILES string of the molecule is NC1CC(C(F)(F)F)Cn2cc(C(=O)O)nc21. The molecule has 2 heterocycles. The van der Waals surface area contributed by atoms with Gasteiger partial charge in [-0.3, -0.25) is 0 Å². The van der Waals surface area contributed by atoms with Gasteiger partial charge in [0.25, 0.3) is 0 Å². The van der Waals surface area contributed by atoms with E-state index < -0.39 is 24.1 Å². The minimum atomic E-state index is -4.33. The molecule has 2 atom stereocenters. The van der Waals surface area contributed by atoms with Gasteiger partial charge in [-0.05, 0) is 6.42 Å². The molecule has 0 aromatic carbocycles. The Labute approximate surface area is 94.0 Å². The number of fused-ring (bicyclic) bond motifs is 1. The zero-order valence-corrected chi connectivity index (χ0v) is 8.61. The molecule has 1 aromatic rings. The molecule has 0 aliphatic carbocycles. The van der Waals surface area contributed by atoms with Gasteiger partial charge >= 0.3 is 12.1 Å². The molecular weight excluding hydrogens is 239 g/mol. The number of hydrogen-bond acceptors (Lipinski definition) is 3. The summed E-state index contributed by atoms with van der Waals surface area (Å²) in [6.07, 6.45) is -3.50. The van der Waals surface area contributed by atoms with E-state index in [0.717, 1.165) is 6.20 Å². The van der Waals surface area contributed by atoms with E-state index in [-0.39, 0.29) is 24.5 Å². The molecule has 0 saturated carbocycles. The number of carboxylic acid groups (broad SMARTS) is 1. The third-order valence-corrected chi connectivity index (χ3v) is 2.78. The number of halogens is 3. The van der Waals surface area contributed by atoms with Crippen LogP contribution in [0.2, 0.25) is 0 Å². The van der Waals surface area contributed by atoms with E-state index in [9.17, 15) is 18.0 Å². The molecule has 94 valence electrons. The lowest BCUT2D eigenvalue weighted by Gasteiger charge is -2.29. The molecule has 17 heavy (non-hydrogen) atoms. The van der Waals surface area contributed by atoms with Crippen molar-refractivity contribution >= 4 is 5.97 Å². The van der Waals surface area contributed by atoms with Crippen molar-refractivity contribution in [3.05, 3.63) is 17.7 Å². The Morgan fingerprint density at radius 1 is 1.59 bits per heavy atom. The standard InChI is InChI=1S/C9H10F3N3O2/c10-9(11,12)4-1-5(13)7-14-6(8(16)17)3-15(7)2-4/h3-5H,1-2,13H2,(H,16,17). The largest absolute Gasteiger partial charge is 0.476 e. The Balaban J connectivity index is 2.33. The average molecular weight is 249 g/mol. The van der Waals surface area contributed by atoms with Gasteiger partial charge in [-0.1, -0.05) is 0 Å². The minimum absolute atomic E-state index is 0.197. The maximum absolute atomic E-state index is 12.6. The summed E-state index contributed by atoms with van der Waals surface area (Å²) in [5.74, 6) is -2.63. The highest BCUT2D eigenvalue weighted by atomic mass is 19.4. The molecule has 0 spiro atoms. The van der Waals surface area contributed by atoms with Crippen LogP contribution in [0.3, 0.4) is 0 Å². The number of nitrogens with two attached hydrogens (primary N) is 1. The highest BCUT2D eigenvalue weighted by Crippen LogP contribution is 2.37. The summed E-state index contributed by atoms with van der Waals surface area (Å²) in [6, 6.07) is -0.886. The maximum atomic E-state index is 12.6. The summed E-state index contributed by atoms with van der Waals surface area (Å²) < 4.78 is 38.9. The summed E-state index contributed by atoms with van der Waals surface area (Å²) >= 11 is 0. The fraction of sp³-hybridized carbons (Fsp3) is 0.556. The monoisotopic (exact) mass is 249 g/mol. The number of carboxylic acids is 1. The van der Waals surface area contributed by atoms with E-state index in [1.54, 1.807) is 0 Å². The lowest BCUT2D eigenvalue weighted by atomic mass is 9.95. The Morgan fingerprint density at radius 3 is 2.76 bits per heavy atom. The van der Waals surface area contributed by atoms with Gasteiger partial charge in [0.2, 0.25) is 0 Å². The lowest BCUT2D eigenvalue weighted by molar-refractivity contribution is -0.184. The number of carbonyl (C=O) groups is 1. The van der Waals surface area contributed by atoms with Crippen LogP contribution in [0.5, 0.6) is 0 Å². The predicted octanol–water partition coefficient (Wildman–Crippen LogP) is 1.16. The molecule has 1 aromatic heterocycles. The summed E-state index contributed by atoms with van der Waals surface area (Å²) in [6.45, 7) is -0.327. The first-order chi connectivity index (χ1) is 7.79. The van der Waals surface area contributed by atoms with Crippen molar-refractivity contribution in [2.45, 2.75) is 25.2 Å². The van der Waals surface area contributed by atoms with Gasteiger partial charge in [-0.2, -0.15) is 13.2 Å². The first kappa shape index (κ1) is 11.9. The minimum Gasteiger partial charge on any atom is -0.476 e. The molecule has 2 rings (SSSR count). The topological polar surface area (TPSA) is 81.1 Å². The highest BCUT2D eigenvalue weighted by molar-refractivity contribution is 5.85. The zero-order chi connectivity index (χ0) is 12.8. The molecule has 1 aliphatic rings. The van der Waals surface area contributed by atoms with Gasteiger partial charge in [0.05, 0.1) is 12.0 Å². The van der Waals surface area contributed by atoms with Crippen LogP contribution < -0.4 is 5.73 Å². The van der Waals surface area contributed by atoms with Gasteiger partial charge in [-0.15, -0.1) is 0 Å². The van der Waals surface area contributed by atoms with Gasteiger partial charge < -0.3 is 15.4 Å². The van der Waals surface area contributed by atoms with E-state index in [2.05, 4.69) is 4.98 Å². The number of aromatic nitrogens is 2. The summed E-state index contributed by atoms with van der Waals surface area (Å²) in [5, 5.41) is 8.71. The predicted molar refractivity (Wildman–Crippen MR) is 50.3 cm³/mol. The molecule has 8 heteroatoms. The third-order valence-electron chi connectivity index (χ3n) is 2.78. The van der Waals surface area contributed by atoms with Crippen LogP contribution in [0.4, 0.5) is 13.2 Å². The first-order valence-electron chi connectivity index (χ1n) is 4.91. The second-order valence-corrected chi connectivity index (χ2v) is 4.02. The molecule has 0 radical (unpaired) electrons. The number of rotatable bonds is 1. The normalized spacial score (nSPS) is 24.5. The Bertz CT molecular complexity index is 455. The lowest BCUT2D eigenvalue weighted by Crippen LogP contribution is -2.36. The molecule has 0 saturated heterocycles. The number of aromatic carboxylic acids is 1. The number of imidazole rings is 1. The summed E-state index contributed by atoms with van der Waals surface area (Å²) in [4.78, 5) is 14.4. The van der Waals surface area contributed by atoms with E-state index in [4.69, 9.17) is 10.8 Å². The van der Waals surface area contributed by atoms with Gasteiger partial charge in [0, 0.05) is 12.7 Å². The molecule has 3 N–H and O–H groups in total. The molecule has 1 aliphatic heterocycles. The van der Waals surface area contributed by atoms with Crippen LogP contribution >= 0.6 is 0 Å². The Morgan fingerprint density at radius 2 is 2.24 bits per heavy atom. The van der Waals surface area contributed by atoms with Crippen LogP contribution in [0.15, 0.2) is 6.20 Å². The number of alkyl halides is 3. The average Bonchev–Trinajstić information content (AvgIpc) is 2.60. The number of nitrogens with zero attached hydrogens (tertiary/aromatic N) is 2. The van der Waals surface area contributed by atoms with E-state index in [0.29, 0.717) is 0 Å². The Hall–Kier alpha value is -1.57.